The number of anilines is 2. The van der Waals surface area contributed by atoms with Crippen molar-refractivity contribution in [1.29, 1.82) is 0 Å². The molecule has 9 nitrogen and oxygen atoms in total. The second kappa shape index (κ2) is 7.93. The first kappa shape index (κ1) is 20.3. The van der Waals surface area contributed by atoms with Gasteiger partial charge < -0.3 is 19.5 Å². The predicted molar refractivity (Wildman–Crippen MR) is 130 cm³/mol. The summed E-state index contributed by atoms with van der Waals surface area (Å²) < 4.78 is 5.63. The molecule has 0 spiro atoms. The van der Waals surface area contributed by atoms with Crippen molar-refractivity contribution < 1.29 is 4.42 Å². The Morgan fingerprint density at radius 1 is 1.00 bits per heavy atom. The number of piperazine rings is 1. The van der Waals surface area contributed by atoms with Gasteiger partial charge in [-0.1, -0.05) is 0 Å². The van der Waals surface area contributed by atoms with Crippen LogP contribution in [-0.2, 0) is 0 Å². The summed E-state index contributed by atoms with van der Waals surface area (Å²) in [5, 5.41) is 2.93. The Bertz CT molecular complexity index is 1310. The van der Waals surface area contributed by atoms with E-state index in [-0.39, 0.29) is 0 Å². The second-order valence-corrected chi connectivity index (χ2v) is 9.10. The molecule has 2 saturated heterocycles. The number of pyridine rings is 1. The van der Waals surface area contributed by atoms with E-state index >= 15 is 0 Å². The molecule has 9 heteroatoms. The number of rotatable bonds is 4. The van der Waals surface area contributed by atoms with Crippen LogP contribution in [0.25, 0.3) is 33.5 Å². The van der Waals surface area contributed by atoms with E-state index in [9.17, 15) is 0 Å². The van der Waals surface area contributed by atoms with Gasteiger partial charge in [-0.3, -0.25) is 4.90 Å². The molecule has 1 aromatic carbocycles. The third kappa shape index (κ3) is 3.67. The Labute approximate surface area is 192 Å². The average Bonchev–Trinajstić information content (AvgIpc) is 3.22. The van der Waals surface area contributed by atoms with Crippen LogP contribution in [0.15, 0.2) is 40.9 Å². The van der Waals surface area contributed by atoms with Gasteiger partial charge >= 0.3 is 0 Å². The van der Waals surface area contributed by atoms with Crippen molar-refractivity contribution in [3.05, 3.63) is 36.5 Å². The van der Waals surface area contributed by atoms with Crippen LogP contribution in [-0.4, -0.2) is 88.6 Å². The Balaban J connectivity index is 1.22. The number of nitrogens with zero attached hydrogens (tertiary/aromatic N) is 7. The minimum Gasteiger partial charge on any atom is -0.424 e. The lowest BCUT2D eigenvalue weighted by Gasteiger charge is -2.49. The van der Waals surface area contributed by atoms with Crippen LogP contribution >= 0.6 is 0 Å². The van der Waals surface area contributed by atoms with E-state index in [0.717, 1.165) is 66.4 Å². The van der Waals surface area contributed by atoms with Crippen molar-refractivity contribution in [3.8, 4) is 11.3 Å². The zero-order chi connectivity index (χ0) is 22.5. The number of fused-ring (bicyclic) bond motifs is 2. The molecule has 6 rings (SSSR count). The molecule has 2 fully saturated rings. The van der Waals surface area contributed by atoms with Gasteiger partial charge in [0.05, 0.1) is 11.9 Å². The fourth-order valence-corrected chi connectivity index (χ4v) is 4.68. The number of oxazole rings is 1. The van der Waals surface area contributed by atoms with Crippen molar-refractivity contribution in [2.45, 2.75) is 19.0 Å². The van der Waals surface area contributed by atoms with E-state index < -0.39 is 0 Å². The number of aromatic nitrogens is 4. The van der Waals surface area contributed by atoms with Gasteiger partial charge in [-0.25, -0.2) is 15.0 Å². The summed E-state index contributed by atoms with van der Waals surface area (Å²) in [5.74, 6) is 0.899. The molecular formula is C24H28N8O. The third-order valence-electron chi connectivity index (χ3n) is 6.99. The van der Waals surface area contributed by atoms with Gasteiger partial charge in [-0.2, -0.15) is 4.98 Å². The van der Waals surface area contributed by atoms with E-state index in [4.69, 9.17) is 14.4 Å². The number of nitrogens with one attached hydrogen (secondary N) is 1. The summed E-state index contributed by atoms with van der Waals surface area (Å²) >= 11 is 0. The lowest BCUT2D eigenvalue weighted by atomic mass is 10.0. The molecule has 0 saturated carbocycles. The molecule has 2 aliphatic heterocycles. The summed E-state index contributed by atoms with van der Waals surface area (Å²) in [4.78, 5) is 26.1. The van der Waals surface area contributed by atoms with Crippen LogP contribution in [0.1, 0.15) is 6.92 Å². The predicted octanol–water partition coefficient (Wildman–Crippen LogP) is 2.70. The van der Waals surface area contributed by atoms with Crippen molar-refractivity contribution >= 4 is 34.1 Å². The first-order valence-corrected chi connectivity index (χ1v) is 11.5. The number of benzene rings is 1. The van der Waals surface area contributed by atoms with Gasteiger partial charge in [0.1, 0.15) is 16.9 Å². The van der Waals surface area contributed by atoms with Crippen LogP contribution in [0.2, 0.25) is 0 Å². The third-order valence-corrected chi connectivity index (χ3v) is 6.99. The van der Waals surface area contributed by atoms with Gasteiger partial charge in [0, 0.05) is 57.4 Å². The van der Waals surface area contributed by atoms with E-state index in [1.807, 2.05) is 36.5 Å². The Hall–Kier alpha value is -3.30. The molecule has 0 radical (unpaired) electrons. The molecule has 33 heavy (non-hydrogen) atoms. The van der Waals surface area contributed by atoms with Gasteiger partial charge in [-0.05, 0) is 44.3 Å². The highest BCUT2D eigenvalue weighted by Gasteiger charge is 2.35. The van der Waals surface area contributed by atoms with Crippen LogP contribution in [0, 0.1) is 0 Å². The SMILES string of the molecule is CNc1nc2cc(-c3ccc4ncc(N5CC(N6CCN(C)C(C)C6)C5)nc4n3)ccc2o1. The maximum Gasteiger partial charge on any atom is 0.295 e. The highest BCUT2D eigenvalue weighted by atomic mass is 16.4. The van der Waals surface area contributed by atoms with Crippen molar-refractivity contribution in [1.82, 2.24) is 29.7 Å². The zero-order valence-electron chi connectivity index (χ0n) is 19.2. The molecule has 0 amide bonds. The molecule has 1 atom stereocenters. The molecule has 3 aromatic heterocycles. The molecule has 1 unspecified atom stereocenters. The molecule has 2 aliphatic rings. The van der Waals surface area contributed by atoms with Gasteiger partial charge in [-0.15, -0.1) is 0 Å². The first-order chi connectivity index (χ1) is 16.1. The van der Waals surface area contributed by atoms with Crippen molar-refractivity contribution in [2.24, 2.45) is 0 Å². The lowest BCUT2D eigenvalue weighted by Crippen LogP contribution is -2.64. The standard InChI is InChI=1S/C24H28N8O/c1-15-12-31(9-8-30(15)3)17-13-32(14-17)22-11-26-19-6-5-18(27-23(19)29-22)16-4-7-21-20(10-16)28-24(25-2)33-21/h4-7,10-11,15,17H,8-9,12-14H2,1-3H3,(H,25,28). The second-order valence-electron chi connectivity index (χ2n) is 9.10. The minimum atomic E-state index is 0.503. The monoisotopic (exact) mass is 444 g/mol. The number of hydrogen-bond donors (Lipinski definition) is 1. The molecule has 4 aromatic rings. The van der Waals surface area contributed by atoms with E-state index in [0.29, 0.717) is 23.7 Å². The maximum absolute atomic E-state index is 5.63. The van der Waals surface area contributed by atoms with Gasteiger partial charge in [0.15, 0.2) is 11.2 Å². The summed E-state index contributed by atoms with van der Waals surface area (Å²) in [6, 6.07) is 11.6. The topological polar surface area (TPSA) is 86.5 Å². The largest absolute Gasteiger partial charge is 0.424 e. The lowest BCUT2D eigenvalue weighted by molar-refractivity contribution is 0.0610. The Kier molecular flexibility index (Phi) is 4.88. The van der Waals surface area contributed by atoms with Crippen molar-refractivity contribution in [3.63, 3.8) is 0 Å². The van der Waals surface area contributed by atoms with Crippen molar-refractivity contribution in [2.75, 3.05) is 57.0 Å². The Morgan fingerprint density at radius 3 is 2.70 bits per heavy atom. The maximum atomic E-state index is 5.63. The fourth-order valence-electron chi connectivity index (χ4n) is 4.68. The van der Waals surface area contributed by atoms with Gasteiger partial charge in [0.2, 0.25) is 0 Å². The van der Waals surface area contributed by atoms with Gasteiger partial charge in [0.25, 0.3) is 6.01 Å². The molecule has 0 bridgehead atoms. The zero-order valence-corrected chi connectivity index (χ0v) is 19.2. The summed E-state index contributed by atoms with van der Waals surface area (Å²) in [6.07, 6.45) is 1.87. The Morgan fingerprint density at radius 2 is 1.88 bits per heavy atom. The number of hydrogen-bond acceptors (Lipinski definition) is 9. The highest BCUT2D eigenvalue weighted by molar-refractivity contribution is 5.82. The summed E-state index contributed by atoms with van der Waals surface area (Å²) in [6.45, 7) is 7.70. The van der Waals surface area contributed by atoms with Crippen LogP contribution in [0.3, 0.4) is 0 Å². The first-order valence-electron chi connectivity index (χ1n) is 11.5. The van der Waals surface area contributed by atoms with Crippen LogP contribution < -0.4 is 10.2 Å². The highest BCUT2D eigenvalue weighted by Crippen LogP contribution is 2.28. The number of likely N-dealkylation sites (N-methyl/N-ethyl adjacent to an activating group) is 1. The van der Waals surface area contributed by atoms with Crippen LogP contribution in [0.4, 0.5) is 11.8 Å². The average molecular weight is 445 g/mol. The summed E-state index contributed by atoms with van der Waals surface area (Å²) in [5.41, 5.74) is 4.82. The smallest absolute Gasteiger partial charge is 0.295 e. The normalized spacial score (nSPS) is 20.5. The molecular weight excluding hydrogens is 416 g/mol. The molecule has 0 aliphatic carbocycles. The quantitative estimate of drug-likeness (QED) is 0.510. The minimum absolute atomic E-state index is 0.503. The molecule has 1 N–H and O–H groups in total. The van der Waals surface area contributed by atoms with E-state index in [1.165, 1.54) is 0 Å². The molecule has 5 heterocycles. The molecule has 170 valence electrons. The fraction of sp³-hybridized carbons (Fsp3) is 0.417. The van der Waals surface area contributed by atoms with E-state index in [2.05, 4.69) is 44.0 Å². The summed E-state index contributed by atoms with van der Waals surface area (Å²) in [7, 11) is 4.00. The van der Waals surface area contributed by atoms with E-state index in [1.54, 1.807) is 7.05 Å². The van der Waals surface area contributed by atoms with Crippen LogP contribution in [0.5, 0.6) is 0 Å².